The summed E-state index contributed by atoms with van der Waals surface area (Å²) in [7, 11) is 0. The molecule has 10 heteroatoms. The number of hydrogen-bond acceptors (Lipinski definition) is 7. The number of hydrogen-bond donors (Lipinski definition) is 2. The van der Waals surface area contributed by atoms with Crippen LogP contribution in [0.15, 0.2) is 64.7 Å². The van der Waals surface area contributed by atoms with Crippen LogP contribution in [0, 0.1) is 0 Å². The Morgan fingerprint density at radius 1 is 1.09 bits per heavy atom. The van der Waals surface area contributed by atoms with Crippen LogP contribution in [0.25, 0.3) is 16.7 Å². The van der Waals surface area contributed by atoms with Gasteiger partial charge in [-0.05, 0) is 50.2 Å². The van der Waals surface area contributed by atoms with Gasteiger partial charge in [0.25, 0.3) is 5.56 Å². The molecule has 0 atom stereocenters. The van der Waals surface area contributed by atoms with Crippen LogP contribution >= 0.6 is 11.8 Å². The number of para-hydroxylation sites is 2. The van der Waals surface area contributed by atoms with Gasteiger partial charge in [-0.2, -0.15) is 5.10 Å². The topological polar surface area (TPSA) is 111 Å². The van der Waals surface area contributed by atoms with Gasteiger partial charge in [-0.1, -0.05) is 23.9 Å². The molecule has 0 aliphatic carbocycles. The third kappa shape index (κ3) is 5.01. The summed E-state index contributed by atoms with van der Waals surface area (Å²) >= 11 is 1.16. The fraction of sp³-hybridized carbons (Fsp3) is 0.217. The number of anilines is 1. The van der Waals surface area contributed by atoms with Crippen molar-refractivity contribution >= 4 is 34.4 Å². The summed E-state index contributed by atoms with van der Waals surface area (Å²) in [6.45, 7) is 4.82. The molecule has 4 rings (SSSR count). The normalized spacial score (nSPS) is 10.8. The highest BCUT2D eigenvalue weighted by Gasteiger charge is 2.17. The molecule has 0 saturated carbocycles. The Kier molecular flexibility index (Phi) is 6.94. The molecule has 170 valence electrons. The van der Waals surface area contributed by atoms with Gasteiger partial charge in [-0.3, -0.25) is 19.3 Å². The molecule has 2 N–H and O–H groups in total. The molecule has 2 aromatic heterocycles. The molecule has 0 aliphatic heterocycles. The molecule has 4 aromatic rings. The Morgan fingerprint density at radius 2 is 1.85 bits per heavy atom. The third-order valence-electron chi connectivity index (χ3n) is 4.65. The van der Waals surface area contributed by atoms with E-state index in [1.165, 1.54) is 10.8 Å². The van der Waals surface area contributed by atoms with Crippen LogP contribution in [0.3, 0.4) is 0 Å². The first kappa shape index (κ1) is 22.4. The highest BCUT2D eigenvalue weighted by Crippen LogP contribution is 2.25. The zero-order valence-corrected chi connectivity index (χ0v) is 19.0. The largest absolute Gasteiger partial charge is 0.494 e. The number of nitrogens with zero attached hydrogens (tertiary/aromatic N) is 3. The molecule has 2 heterocycles. The van der Waals surface area contributed by atoms with Crippen molar-refractivity contribution in [1.82, 2.24) is 19.7 Å². The number of benzene rings is 2. The van der Waals surface area contributed by atoms with Crippen LogP contribution in [-0.4, -0.2) is 44.6 Å². The van der Waals surface area contributed by atoms with Crippen molar-refractivity contribution in [3.05, 3.63) is 65.1 Å². The number of ether oxygens (including phenoxy) is 2. The molecule has 0 saturated heterocycles. The van der Waals surface area contributed by atoms with Gasteiger partial charge in [0.15, 0.2) is 10.8 Å². The average Bonchev–Trinajstić information content (AvgIpc) is 3.29. The molecular formula is C23H23N5O4S. The van der Waals surface area contributed by atoms with Crippen LogP contribution in [0.2, 0.25) is 0 Å². The number of amides is 1. The fourth-order valence-corrected chi connectivity index (χ4v) is 4.03. The minimum Gasteiger partial charge on any atom is -0.494 e. The molecule has 0 aliphatic rings. The first-order chi connectivity index (χ1) is 16.1. The monoisotopic (exact) mass is 465 g/mol. The highest BCUT2D eigenvalue weighted by molar-refractivity contribution is 7.99. The summed E-state index contributed by atoms with van der Waals surface area (Å²) in [4.78, 5) is 30.4. The van der Waals surface area contributed by atoms with Gasteiger partial charge < -0.3 is 14.8 Å². The zero-order valence-electron chi connectivity index (χ0n) is 18.2. The van der Waals surface area contributed by atoms with Gasteiger partial charge in [0.05, 0.1) is 36.5 Å². The van der Waals surface area contributed by atoms with E-state index >= 15 is 0 Å². The molecule has 9 nitrogen and oxygen atoms in total. The highest BCUT2D eigenvalue weighted by atomic mass is 32.2. The van der Waals surface area contributed by atoms with E-state index in [1.54, 1.807) is 36.4 Å². The Labute approximate surface area is 194 Å². The Morgan fingerprint density at radius 3 is 2.61 bits per heavy atom. The predicted octanol–water partition coefficient (Wildman–Crippen LogP) is 3.64. The van der Waals surface area contributed by atoms with Crippen molar-refractivity contribution in [1.29, 1.82) is 0 Å². The van der Waals surface area contributed by atoms with Gasteiger partial charge in [-0.15, -0.1) is 0 Å². The van der Waals surface area contributed by atoms with Gasteiger partial charge in [0.2, 0.25) is 5.91 Å². The van der Waals surface area contributed by atoms with Crippen molar-refractivity contribution in [3.63, 3.8) is 0 Å². The van der Waals surface area contributed by atoms with Crippen molar-refractivity contribution in [2.45, 2.75) is 19.0 Å². The van der Waals surface area contributed by atoms with Gasteiger partial charge in [-0.25, -0.2) is 4.98 Å². The van der Waals surface area contributed by atoms with Gasteiger partial charge >= 0.3 is 0 Å². The average molecular weight is 466 g/mol. The molecule has 1 amide bonds. The first-order valence-corrected chi connectivity index (χ1v) is 11.4. The Bertz CT molecular complexity index is 1320. The summed E-state index contributed by atoms with van der Waals surface area (Å²) < 4.78 is 12.5. The van der Waals surface area contributed by atoms with Crippen molar-refractivity contribution in [3.8, 4) is 17.2 Å². The van der Waals surface area contributed by atoms with E-state index in [0.29, 0.717) is 52.3 Å². The summed E-state index contributed by atoms with van der Waals surface area (Å²) in [6.07, 6.45) is 1.45. The summed E-state index contributed by atoms with van der Waals surface area (Å²) in [5.74, 6) is 1.10. The van der Waals surface area contributed by atoms with E-state index in [2.05, 4.69) is 20.5 Å². The molecule has 33 heavy (non-hydrogen) atoms. The maximum Gasteiger partial charge on any atom is 0.269 e. The summed E-state index contributed by atoms with van der Waals surface area (Å²) in [5, 5.41) is 10.3. The zero-order chi connectivity index (χ0) is 23.2. The number of aromatic nitrogens is 4. The second-order valence-electron chi connectivity index (χ2n) is 6.86. The molecular weight excluding hydrogens is 442 g/mol. The lowest BCUT2D eigenvalue weighted by Crippen LogP contribution is -2.22. The molecule has 0 spiro atoms. The minimum absolute atomic E-state index is 0.0452. The number of rotatable bonds is 9. The van der Waals surface area contributed by atoms with E-state index in [4.69, 9.17) is 9.47 Å². The second-order valence-corrected chi connectivity index (χ2v) is 7.80. The Balaban J connectivity index is 1.60. The van der Waals surface area contributed by atoms with Crippen molar-refractivity contribution < 1.29 is 14.3 Å². The van der Waals surface area contributed by atoms with Crippen LogP contribution in [0.1, 0.15) is 13.8 Å². The summed E-state index contributed by atoms with van der Waals surface area (Å²) in [6, 6.07) is 14.4. The number of fused-ring (bicyclic) bond motifs is 1. The lowest BCUT2D eigenvalue weighted by Gasteiger charge is -2.13. The fourth-order valence-electron chi connectivity index (χ4n) is 3.22. The maximum absolute atomic E-state index is 13.2. The smallest absolute Gasteiger partial charge is 0.269 e. The number of aromatic amines is 1. The van der Waals surface area contributed by atoms with Gasteiger partial charge in [0, 0.05) is 0 Å². The number of nitrogens with one attached hydrogen (secondary N) is 2. The van der Waals surface area contributed by atoms with E-state index in [9.17, 15) is 9.59 Å². The lowest BCUT2D eigenvalue weighted by atomic mass is 10.3. The SMILES string of the molecule is CCOc1ccc(-n2c(SCC(=O)Nc3ccccc3OCC)nc3[nH]ncc3c2=O)cc1. The second kappa shape index (κ2) is 10.2. The maximum atomic E-state index is 13.2. The molecule has 2 aromatic carbocycles. The lowest BCUT2D eigenvalue weighted by molar-refractivity contribution is -0.113. The minimum atomic E-state index is -0.275. The molecule has 0 unspecified atom stereocenters. The van der Waals surface area contributed by atoms with Crippen LogP contribution in [-0.2, 0) is 4.79 Å². The molecule has 0 bridgehead atoms. The standard InChI is InChI=1S/C23H23N5O4S/c1-3-31-16-11-9-15(10-12-16)28-22(30)17-13-24-27-21(17)26-23(28)33-14-20(29)25-18-7-5-6-8-19(18)32-4-2/h5-13H,3-4,14H2,1-2H3,(H,24,27)(H,25,29). The van der Waals surface area contributed by atoms with Gasteiger partial charge in [0.1, 0.15) is 16.9 Å². The van der Waals surface area contributed by atoms with Crippen LogP contribution < -0.4 is 20.3 Å². The van der Waals surface area contributed by atoms with E-state index in [0.717, 1.165) is 11.8 Å². The quantitative estimate of drug-likeness (QED) is 0.287. The number of H-pyrrole nitrogens is 1. The molecule has 0 fully saturated rings. The first-order valence-electron chi connectivity index (χ1n) is 10.4. The number of carbonyl (C=O) groups is 1. The summed E-state index contributed by atoms with van der Waals surface area (Å²) in [5.41, 5.74) is 1.30. The van der Waals surface area contributed by atoms with Crippen molar-refractivity contribution in [2.24, 2.45) is 0 Å². The van der Waals surface area contributed by atoms with Crippen LogP contribution in [0.5, 0.6) is 11.5 Å². The number of thioether (sulfide) groups is 1. The third-order valence-corrected chi connectivity index (χ3v) is 5.59. The number of carbonyl (C=O) groups excluding carboxylic acids is 1. The van der Waals surface area contributed by atoms with Crippen LogP contribution in [0.4, 0.5) is 5.69 Å². The van der Waals surface area contributed by atoms with E-state index in [1.807, 2.05) is 26.0 Å². The Hall–Kier alpha value is -3.79. The van der Waals surface area contributed by atoms with E-state index in [-0.39, 0.29) is 17.2 Å². The molecule has 0 radical (unpaired) electrons. The van der Waals surface area contributed by atoms with E-state index < -0.39 is 0 Å². The van der Waals surface area contributed by atoms with Crippen molar-refractivity contribution in [2.75, 3.05) is 24.3 Å². The predicted molar refractivity (Wildman–Crippen MR) is 128 cm³/mol.